The number of carbonyl (C=O) groups excluding carboxylic acids is 2. The zero-order valence-electron chi connectivity index (χ0n) is 13.6. The smallest absolute Gasteiger partial charge is 0.314 e. The number of anilines is 2. The molecule has 12 heteroatoms. The van der Waals surface area contributed by atoms with Gasteiger partial charge in [-0.2, -0.15) is 0 Å². The molecule has 2 amide bonds. The second kappa shape index (κ2) is 8.10. The number of methoxy groups -OCH3 is 1. The fourth-order valence-corrected chi connectivity index (χ4v) is 2.18. The van der Waals surface area contributed by atoms with E-state index in [-0.39, 0.29) is 27.8 Å². The van der Waals surface area contributed by atoms with E-state index in [0.29, 0.717) is 0 Å². The van der Waals surface area contributed by atoms with Crippen molar-refractivity contribution in [3.8, 4) is 5.75 Å². The van der Waals surface area contributed by atoms with Crippen molar-refractivity contribution in [3.63, 3.8) is 0 Å². The Kier molecular flexibility index (Phi) is 5.88. The van der Waals surface area contributed by atoms with Gasteiger partial charge in [0.2, 0.25) is 0 Å². The highest BCUT2D eigenvalue weighted by Crippen LogP contribution is 2.29. The van der Waals surface area contributed by atoms with Gasteiger partial charge in [-0.05, 0) is 18.2 Å². The molecule has 0 saturated heterocycles. The third kappa shape index (κ3) is 4.67. The van der Waals surface area contributed by atoms with Gasteiger partial charge >= 0.3 is 11.8 Å². The molecule has 0 aliphatic carbocycles. The average Bonchev–Trinajstić information content (AvgIpc) is 2.63. The van der Waals surface area contributed by atoms with Crippen LogP contribution in [0.3, 0.4) is 0 Å². The Hall–Kier alpha value is -3.73. The maximum absolute atomic E-state index is 12.0. The van der Waals surface area contributed by atoms with Crippen LogP contribution >= 0.6 is 11.6 Å². The van der Waals surface area contributed by atoms with E-state index in [1.165, 1.54) is 25.3 Å². The SMILES string of the molecule is COc1cc([N+](=O)[O-])ccc1NC(=O)C(=O)Nc1ccc(Cl)c([N+](=O)[O-])c1. The number of halogens is 1. The van der Waals surface area contributed by atoms with Crippen LogP contribution in [0.15, 0.2) is 36.4 Å². The lowest BCUT2D eigenvalue weighted by atomic mass is 10.2. The number of amides is 2. The molecule has 0 radical (unpaired) electrons. The molecule has 0 aliphatic rings. The average molecular weight is 395 g/mol. The Morgan fingerprint density at radius 2 is 1.67 bits per heavy atom. The maximum atomic E-state index is 12.0. The van der Waals surface area contributed by atoms with Crippen molar-refractivity contribution in [1.82, 2.24) is 0 Å². The normalized spacial score (nSPS) is 10.0. The van der Waals surface area contributed by atoms with Crippen LogP contribution in [-0.4, -0.2) is 28.8 Å². The van der Waals surface area contributed by atoms with Crippen LogP contribution in [0.1, 0.15) is 0 Å². The van der Waals surface area contributed by atoms with Gasteiger partial charge in [-0.1, -0.05) is 11.6 Å². The van der Waals surface area contributed by atoms with Crippen molar-refractivity contribution in [1.29, 1.82) is 0 Å². The molecule has 0 saturated carbocycles. The number of ether oxygens (including phenoxy) is 1. The molecule has 0 atom stereocenters. The van der Waals surface area contributed by atoms with E-state index in [9.17, 15) is 29.8 Å². The summed E-state index contributed by atoms with van der Waals surface area (Å²) in [5.41, 5.74) is -0.679. The van der Waals surface area contributed by atoms with Gasteiger partial charge in [0.1, 0.15) is 10.8 Å². The molecule has 0 heterocycles. The molecule has 2 aromatic carbocycles. The lowest BCUT2D eigenvalue weighted by molar-refractivity contribution is -0.385. The van der Waals surface area contributed by atoms with Gasteiger partial charge in [0, 0.05) is 17.8 Å². The summed E-state index contributed by atoms with van der Waals surface area (Å²) in [5.74, 6) is -2.25. The summed E-state index contributed by atoms with van der Waals surface area (Å²) in [6.45, 7) is 0. The third-order valence-electron chi connectivity index (χ3n) is 3.25. The van der Waals surface area contributed by atoms with Crippen molar-refractivity contribution >= 4 is 46.2 Å². The minimum Gasteiger partial charge on any atom is -0.494 e. The van der Waals surface area contributed by atoms with E-state index in [2.05, 4.69) is 10.6 Å². The fraction of sp³-hybridized carbons (Fsp3) is 0.0667. The second-order valence-corrected chi connectivity index (χ2v) is 5.38. The molecular formula is C15H11ClN4O7. The largest absolute Gasteiger partial charge is 0.494 e. The van der Waals surface area contributed by atoms with Crippen molar-refractivity contribution in [2.75, 3.05) is 17.7 Å². The molecule has 140 valence electrons. The lowest BCUT2D eigenvalue weighted by Gasteiger charge is -2.10. The summed E-state index contributed by atoms with van der Waals surface area (Å²) in [7, 11) is 1.24. The van der Waals surface area contributed by atoms with Crippen LogP contribution in [0.4, 0.5) is 22.7 Å². The number of benzene rings is 2. The predicted octanol–water partition coefficient (Wildman–Crippen LogP) is 2.74. The highest BCUT2D eigenvalue weighted by molar-refractivity contribution is 6.44. The van der Waals surface area contributed by atoms with E-state index < -0.39 is 27.3 Å². The number of carbonyl (C=O) groups is 2. The summed E-state index contributed by atoms with van der Waals surface area (Å²) >= 11 is 5.67. The topological polar surface area (TPSA) is 154 Å². The van der Waals surface area contributed by atoms with E-state index in [4.69, 9.17) is 16.3 Å². The first-order valence-corrected chi connectivity index (χ1v) is 7.49. The number of hydrogen-bond acceptors (Lipinski definition) is 7. The molecule has 11 nitrogen and oxygen atoms in total. The van der Waals surface area contributed by atoms with Crippen molar-refractivity contribution in [3.05, 3.63) is 61.6 Å². The van der Waals surface area contributed by atoms with E-state index in [1.807, 2.05) is 0 Å². The van der Waals surface area contributed by atoms with Crippen molar-refractivity contribution < 1.29 is 24.2 Å². The molecule has 0 aliphatic heterocycles. The number of nitro benzene ring substituents is 2. The zero-order valence-corrected chi connectivity index (χ0v) is 14.4. The van der Waals surface area contributed by atoms with Crippen LogP contribution in [0.5, 0.6) is 5.75 Å². The van der Waals surface area contributed by atoms with Gasteiger partial charge in [0.15, 0.2) is 0 Å². The Bertz CT molecular complexity index is 948. The summed E-state index contributed by atoms with van der Waals surface area (Å²) < 4.78 is 4.95. The molecule has 0 spiro atoms. The molecule has 0 fully saturated rings. The van der Waals surface area contributed by atoms with E-state index >= 15 is 0 Å². The number of non-ortho nitro benzene ring substituents is 1. The van der Waals surface area contributed by atoms with Crippen molar-refractivity contribution in [2.45, 2.75) is 0 Å². The maximum Gasteiger partial charge on any atom is 0.314 e. The molecule has 27 heavy (non-hydrogen) atoms. The van der Waals surface area contributed by atoms with Gasteiger partial charge in [-0.15, -0.1) is 0 Å². The summed E-state index contributed by atoms with van der Waals surface area (Å²) in [6.07, 6.45) is 0. The molecule has 0 unspecified atom stereocenters. The first kappa shape index (κ1) is 19.6. The van der Waals surface area contributed by atoms with Crippen LogP contribution in [0.2, 0.25) is 5.02 Å². The predicted molar refractivity (Wildman–Crippen MR) is 95.0 cm³/mol. The Morgan fingerprint density at radius 1 is 1.00 bits per heavy atom. The van der Waals surface area contributed by atoms with Gasteiger partial charge < -0.3 is 15.4 Å². The van der Waals surface area contributed by atoms with E-state index in [1.54, 1.807) is 0 Å². The number of hydrogen-bond donors (Lipinski definition) is 2. The molecule has 2 N–H and O–H groups in total. The summed E-state index contributed by atoms with van der Waals surface area (Å²) in [5, 5.41) is 25.9. The fourth-order valence-electron chi connectivity index (χ4n) is 1.99. The number of nitrogens with zero attached hydrogens (tertiary/aromatic N) is 2. The number of rotatable bonds is 5. The number of nitrogens with one attached hydrogen (secondary N) is 2. The minimum atomic E-state index is -1.12. The Labute approximate surface area is 156 Å². The zero-order chi connectivity index (χ0) is 20.1. The van der Waals surface area contributed by atoms with Crippen LogP contribution in [0, 0.1) is 20.2 Å². The third-order valence-corrected chi connectivity index (χ3v) is 3.57. The molecule has 0 bridgehead atoms. The van der Waals surface area contributed by atoms with Crippen LogP contribution < -0.4 is 15.4 Å². The molecular weight excluding hydrogens is 384 g/mol. The van der Waals surface area contributed by atoms with Crippen LogP contribution in [0.25, 0.3) is 0 Å². The first-order valence-electron chi connectivity index (χ1n) is 7.11. The molecule has 2 aromatic rings. The van der Waals surface area contributed by atoms with E-state index in [0.717, 1.165) is 18.2 Å². The molecule has 0 aromatic heterocycles. The van der Waals surface area contributed by atoms with Gasteiger partial charge in [-0.3, -0.25) is 29.8 Å². The standard InChI is InChI=1S/C15H11ClN4O7/c1-27-13-7-9(19(23)24)3-5-11(13)18-15(22)14(21)17-8-2-4-10(16)12(6-8)20(25)26/h2-7H,1H3,(H,17,21)(H,18,22). The number of nitro groups is 2. The second-order valence-electron chi connectivity index (χ2n) is 4.97. The summed E-state index contributed by atoms with van der Waals surface area (Å²) in [6, 6.07) is 6.89. The lowest BCUT2D eigenvalue weighted by Crippen LogP contribution is -2.29. The van der Waals surface area contributed by atoms with Gasteiger partial charge in [0.05, 0.1) is 28.7 Å². The first-order chi connectivity index (χ1) is 12.7. The summed E-state index contributed by atoms with van der Waals surface area (Å²) in [4.78, 5) is 44.2. The monoisotopic (exact) mass is 394 g/mol. The quantitative estimate of drug-likeness (QED) is 0.448. The Morgan fingerprint density at radius 3 is 2.26 bits per heavy atom. The van der Waals surface area contributed by atoms with Gasteiger partial charge in [0.25, 0.3) is 11.4 Å². The van der Waals surface area contributed by atoms with Gasteiger partial charge in [-0.25, -0.2) is 0 Å². The van der Waals surface area contributed by atoms with Crippen LogP contribution in [-0.2, 0) is 9.59 Å². The highest BCUT2D eigenvalue weighted by Gasteiger charge is 2.20. The Balaban J connectivity index is 2.15. The molecule has 2 rings (SSSR count). The minimum absolute atomic E-state index is 0.0121. The highest BCUT2D eigenvalue weighted by atomic mass is 35.5. The van der Waals surface area contributed by atoms with Crippen molar-refractivity contribution in [2.24, 2.45) is 0 Å².